The van der Waals surface area contributed by atoms with Crippen molar-refractivity contribution in [2.75, 3.05) is 18.1 Å². The minimum atomic E-state index is -0.833. The van der Waals surface area contributed by atoms with Gasteiger partial charge in [0.25, 0.3) is 5.97 Å². The number of nitrogens with zero attached hydrogens (tertiary/aromatic N) is 1. The fraction of sp³-hybridized carbons (Fsp3) is 0.333. The minimum absolute atomic E-state index is 0.0929. The summed E-state index contributed by atoms with van der Waals surface area (Å²) in [5.74, 6) is -0.740. The zero-order chi connectivity index (χ0) is 13.7. The predicted molar refractivity (Wildman–Crippen MR) is 69.9 cm³/mol. The Labute approximate surface area is 110 Å². The largest absolute Gasteiger partial charge is 0.481 e. The van der Waals surface area contributed by atoms with Crippen LogP contribution in [-0.4, -0.2) is 30.2 Å². The highest BCUT2D eigenvalue weighted by molar-refractivity contribution is 6.31. The molecule has 1 fully saturated rings. The lowest BCUT2D eigenvalue weighted by molar-refractivity contribution is -0.134. The van der Waals surface area contributed by atoms with Crippen molar-refractivity contribution in [3.8, 4) is 0 Å². The summed E-state index contributed by atoms with van der Waals surface area (Å²) in [6, 6.07) is 5.59. The molecule has 1 amide bonds. The Bertz CT molecular complexity index is 459. The molecule has 5 nitrogen and oxygen atoms in total. The molecule has 0 unspecified atom stereocenters. The number of carbonyl (C=O) groups excluding carboxylic acids is 1. The zero-order valence-corrected chi connectivity index (χ0v) is 11.0. The van der Waals surface area contributed by atoms with E-state index in [-0.39, 0.29) is 5.91 Å². The van der Waals surface area contributed by atoms with E-state index in [2.05, 4.69) is 5.32 Å². The van der Waals surface area contributed by atoms with Crippen LogP contribution in [0.2, 0.25) is 5.02 Å². The van der Waals surface area contributed by atoms with Gasteiger partial charge < -0.3 is 5.11 Å². The number of benzene rings is 1. The van der Waals surface area contributed by atoms with E-state index < -0.39 is 5.97 Å². The lowest BCUT2D eigenvalue weighted by Crippen LogP contribution is -2.26. The quantitative estimate of drug-likeness (QED) is 0.814. The number of rotatable bonds is 1. The number of carboxylic acid groups (broad SMARTS) is 1. The first-order valence-electron chi connectivity index (χ1n) is 5.39. The van der Waals surface area contributed by atoms with Crippen molar-refractivity contribution in [2.45, 2.75) is 13.8 Å². The van der Waals surface area contributed by atoms with E-state index in [1.165, 1.54) is 0 Å². The Morgan fingerprint density at radius 1 is 1.50 bits per heavy atom. The Kier molecular flexibility index (Phi) is 5.12. The number of amides is 1. The predicted octanol–water partition coefficient (Wildman–Crippen LogP) is 1.63. The number of nitrogens with one attached hydrogen (secondary N) is 1. The molecule has 1 aromatic carbocycles. The summed E-state index contributed by atoms with van der Waals surface area (Å²) in [5.41, 5.74) is 1.85. The van der Waals surface area contributed by atoms with Gasteiger partial charge in [-0.05, 0) is 24.6 Å². The molecule has 1 aliphatic heterocycles. The van der Waals surface area contributed by atoms with E-state index in [0.29, 0.717) is 18.2 Å². The molecule has 2 N–H and O–H groups in total. The van der Waals surface area contributed by atoms with Crippen LogP contribution in [0.5, 0.6) is 0 Å². The summed E-state index contributed by atoms with van der Waals surface area (Å²) in [6.45, 7) is 3.98. The first-order chi connectivity index (χ1) is 8.43. The lowest BCUT2D eigenvalue weighted by Gasteiger charge is -2.17. The van der Waals surface area contributed by atoms with Gasteiger partial charge in [0.2, 0.25) is 5.91 Å². The van der Waals surface area contributed by atoms with Gasteiger partial charge >= 0.3 is 0 Å². The van der Waals surface area contributed by atoms with Gasteiger partial charge in [0, 0.05) is 17.6 Å². The third kappa shape index (κ3) is 3.72. The second-order valence-electron chi connectivity index (χ2n) is 3.81. The van der Waals surface area contributed by atoms with Crippen molar-refractivity contribution >= 4 is 29.2 Å². The summed E-state index contributed by atoms with van der Waals surface area (Å²) < 4.78 is 0. The third-order valence-electron chi connectivity index (χ3n) is 2.38. The molecule has 1 aliphatic rings. The molecule has 0 atom stereocenters. The first kappa shape index (κ1) is 14.5. The summed E-state index contributed by atoms with van der Waals surface area (Å²) >= 11 is 5.98. The maximum Gasteiger partial charge on any atom is 0.300 e. The van der Waals surface area contributed by atoms with Gasteiger partial charge in [0.15, 0.2) is 0 Å². The van der Waals surface area contributed by atoms with Gasteiger partial charge in [0.1, 0.15) is 0 Å². The van der Waals surface area contributed by atoms with Crippen LogP contribution in [-0.2, 0) is 9.59 Å². The van der Waals surface area contributed by atoms with Crippen LogP contribution >= 0.6 is 11.6 Å². The smallest absolute Gasteiger partial charge is 0.300 e. The fourth-order valence-electron chi connectivity index (χ4n) is 1.57. The van der Waals surface area contributed by atoms with Crippen LogP contribution in [0.3, 0.4) is 0 Å². The van der Waals surface area contributed by atoms with E-state index in [4.69, 9.17) is 21.5 Å². The van der Waals surface area contributed by atoms with Crippen molar-refractivity contribution in [1.82, 2.24) is 5.32 Å². The maximum atomic E-state index is 11.5. The van der Waals surface area contributed by atoms with Gasteiger partial charge in [0.05, 0.1) is 13.2 Å². The third-order valence-corrected chi connectivity index (χ3v) is 2.79. The highest BCUT2D eigenvalue weighted by Crippen LogP contribution is 2.26. The maximum absolute atomic E-state index is 11.5. The Balaban J connectivity index is 0.000000357. The van der Waals surface area contributed by atoms with Crippen LogP contribution in [0.4, 0.5) is 5.69 Å². The molecule has 1 heterocycles. The molecule has 1 aromatic rings. The van der Waals surface area contributed by atoms with Crippen LogP contribution < -0.4 is 10.2 Å². The van der Waals surface area contributed by atoms with E-state index in [9.17, 15) is 4.79 Å². The number of carboxylic acids is 1. The molecule has 18 heavy (non-hydrogen) atoms. The highest BCUT2D eigenvalue weighted by Gasteiger charge is 2.22. The van der Waals surface area contributed by atoms with E-state index in [0.717, 1.165) is 18.2 Å². The van der Waals surface area contributed by atoms with E-state index in [1.54, 1.807) is 4.90 Å². The molecule has 0 radical (unpaired) electrons. The molecule has 2 rings (SSSR count). The second kappa shape index (κ2) is 6.37. The van der Waals surface area contributed by atoms with Crippen molar-refractivity contribution in [1.29, 1.82) is 0 Å². The Hall–Kier alpha value is -1.59. The van der Waals surface area contributed by atoms with Crippen molar-refractivity contribution in [3.05, 3.63) is 28.8 Å². The molecule has 0 aromatic heterocycles. The molecule has 98 valence electrons. The Morgan fingerprint density at radius 3 is 2.61 bits per heavy atom. The minimum Gasteiger partial charge on any atom is -0.481 e. The Morgan fingerprint density at radius 2 is 2.11 bits per heavy atom. The monoisotopic (exact) mass is 270 g/mol. The van der Waals surface area contributed by atoms with Crippen LogP contribution in [0.1, 0.15) is 12.5 Å². The number of hydrogen-bond donors (Lipinski definition) is 2. The number of halogens is 1. The van der Waals surface area contributed by atoms with Crippen molar-refractivity contribution in [3.63, 3.8) is 0 Å². The van der Waals surface area contributed by atoms with E-state index >= 15 is 0 Å². The number of aliphatic carboxylic acids is 1. The molecule has 1 saturated heterocycles. The molecular formula is C12H15ClN2O3. The van der Waals surface area contributed by atoms with E-state index in [1.807, 2.05) is 25.1 Å². The average molecular weight is 271 g/mol. The summed E-state index contributed by atoms with van der Waals surface area (Å²) in [6.07, 6.45) is 0. The van der Waals surface area contributed by atoms with Crippen molar-refractivity contribution < 1.29 is 14.7 Å². The summed E-state index contributed by atoms with van der Waals surface area (Å²) in [4.78, 5) is 22.2. The van der Waals surface area contributed by atoms with Gasteiger partial charge in [-0.25, -0.2) is 0 Å². The van der Waals surface area contributed by atoms with Gasteiger partial charge in [-0.1, -0.05) is 17.7 Å². The van der Waals surface area contributed by atoms with Gasteiger partial charge in [-0.15, -0.1) is 0 Å². The number of carbonyl (C=O) groups is 2. The molecule has 0 bridgehead atoms. The average Bonchev–Trinajstić information content (AvgIpc) is 2.68. The van der Waals surface area contributed by atoms with Crippen molar-refractivity contribution in [2.24, 2.45) is 0 Å². The van der Waals surface area contributed by atoms with Crippen LogP contribution in [0.15, 0.2) is 18.2 Å². The molecule has 0 saturated carbocycles. The summed E-state index contributed by atoms with van der Waals surface area (Å²) in [5, 5.41) is 11.1. The first-order valence-corrected chi connectivity index (χ1v) is 5.77. The highest BCUT2D eigenvalue weighted by atomic mass is 35.5. The fourth-order valence-corrected chi connectivity index (χ4v) is 1.74. The SMILES string of the molecule is CC(=O)O.Cc1c(Cl)cccc1N1CNCC1=O. The lowest BCUT2D eigenvalue weighted by atomic mass is 10.2. The topological polar surface area (TPSA) is 69.6 Å². The normalized spacial score (nSPS) is 14.2. The molecule has 6 heteroatoms. The van der Waals surface area contributed by atoms with Crippen LogP contribution in [0, 0.1) is 6.92 Å². The molecule has 0 aliphatic carbocycles. The number of anilines is 1. The zero-order valence-electron chi connectivity index (χ0n) is 10.2. The van der Waals surface area contributed by atoms with Gasteiger partial charge in [-0.2, -0.15) is 0 Å². The standard InChI is InChI=1S/C10H11ClN2O.C2H4O2/c1-7-8(11)3-2-4-9(7)13-6-12-5-10(13)14;1-2(3)4/h2-4,12H,5-6H2,1H3;1H3,(H,3,4). The second-order valence-corrected chi connectivity index (χ2v) is 4.22. The van der Waals surface area contributed by atoms with Crippen LogP contribution in [0.25, 0.3) is 0 Å². The number of hydrogen-bond acceptors (Lipinski definition) is 3. The molecular weight excluding hydrogens is 256 g/mol. The summed E-state index contributed by atoms with van der Waals surface area (Å²) in [7, 11) is 0. The molecule has 0 spiro atoms. The van der Waals surface area contributed by atoms with Gasteiger partial charge in [-0.3, -0.25) is 19.8 Å².